The number of rotatable bonds is 7. The molecule has 0 radical (unpaired) electrons. The van der Waals surface area contributed by atoms with Gasteiger partial charge >= 0.3 is 0 Å². The maximum absolute atomic E-state index is 5.47. The van der Waals surface area contributed by atoms with E-state index in [9.17, 15) is 0 Å². The Hall–Kier alpha value is -2.36. The van der Waals surface area contributed by atoms with Crippen molar-refractivity contribution in [3.8, 4) is 5.75 Å². The van der Waals surface area contributed by atoms with E-state index in [0.717, 1.165) is 36.3 Å². The fraction of sp³-hybridized carbons (Fsp3) is 0.435. The number of hydrogen-bond acceptors (Lipinski definition) is 4. The second-order valence-electron chi connectivity index (χ2n) is 7.81. The standard InChI is InChI=1S/C23H30N6O.HI/c1-3-24-22(25-16-21-28-27-20-11-4-7-14-29(20)21)26-17-23(12-5-6-13-23)18-9-8-10-19(15-18)30-2;/h4,7-11,14-15H,3,5-6,12-13,16-17H2,1-2H3,(H2,24,25,26);1H. The highest BCUT2D eigenvalue weighted by molar-refractivity contribution is 14.0. The summed E-state index contributed by atoms with van der Waals surface area (Å²) in [5.41, 5.74) is 2.28. The number of guanidine groups is 1. The molecule has 0 unspecified atom stereocenters. The molecule has 166 valence electrons. The lowest BCUT2D eigenvalue weighted by atomic mass is 9.78. The molecule has 0 aliphatic heterocycles. The molecular formula is C23H31IN6O. The fourth-order valence-corrected chi connectivity index (χ4v) is 4.32. The first kappa shape index (κ1) is 23.3. The second kappa shape index (κ2) is 10.8. The Morgan fingerprint density at radius 1 is 1.13 bits per heavy atom. The molecule has 8 heteroatoms. The van der Waals surface area contributed by atoms with Crippen molar-refractivity contribution < 1.29 is 4.74 Å². The van der Waals surface area contributed by atoms with Crippen molar-refractivity contribution in [2.45, 2.75) is 44.6 Å². The first-order valence-corrected chi connectivity index (χ1v) is 10.7. The van der Waals surface area contributed by atoms with E-state index >= 15 is 0 Å². The van der Waals surface area contributed by atoms with Gasteiger partial charge in [0.15, 0.2) is 17.4 Å². The number of aliphatic imine (C=N–C) groups is 1. The smallest absolute Gasteiger partial charge is 0.191 e. The normalized spacial score (nSPS) is 15.5. The highest BCUT2D eigenvalue weighted by Gasteiger charge is 2.36. The number of halogens is 1. The Labute approximate surface area is 200 Å². The highest BCUT2D eigenvalue weighted by Crippen LogP contribution is 2.41. The predicted octanol–water partition coefficient (Wildman–Crippen LogP) is 3.92. The van der Waals surface area contributed by atoms with E-state index in [4.69, 9.17) is 9.73 Å². The molecule has 1 saturated carbocycles. The summed E-state index contributed by atoms with van der Waals surface area (Å²) in [6.07, 6.45) is 6.80. The Bertz CT molecular complexity index is 1010. The molecule has 1 aliphatic carbocycles. The van der Waals surface area contributed by atoms with Gasteiger partial charge in [0.05, 0.1) is 7.11 Å². The third-order valence-electron chi connectivity index (χ3n) is 5.94. The first-order chi connectivity index (χ1) is 14.7. The topological polar surface area (TPSA) is 75.8 Å². The van der Waals surface area contributed by atoms with Crippen LogP contribution in [-0.4, -0.2) is 40.8 Å². The summed E-state index contributed by atoms with van der Waals surface area (Å²) in [7, 11) is 1.73. The van der Waals surface area contributed by atoms with Gasteiger partial charge in [-0.25, -0.2) is 4.99 Å². The zero-order chi connectivity index (χ0) is 20.8. The van der Waals surface area contributed by atoms with E-state index in [0.29, 0.717) is 6.54 Å². The van der Waals surface area contributed by atoms with Crippen LogP contribution in [0.2, 0.25) is 0 Å². The molecule has 1 aliphatic rings. The Morgan fingerprint density at radius 3 is 2.74 bits per heavy atom. The molecule has 4 rings (SSSR count). The van der Waals surface area contributed by atoms with Gasteiger partial charge in [0.1, 0.15) is 12.3 Å². The Kier molecular flexibility index (Phi) is 8.11. The average molecular weight is 534 g/mol. The Balaban J connectivity index is 0.00000272. The van der Waals surface area contributed by atoms with Crippen molar-refractivity contribution in [1.82, 2.24) is 25.2 Å². The number of hydrogen-bond donors (Lipinski definition) is 2. The van der Waals surface area contributed by atoms with Gasteiger partial charge in [-0.15, -0.1) is 34.2 Å². The molecule has 0 spiro atoms. The third-order valence-corrected chi connectivity index (χ3v) is 5.94. The first-order valence-electron chi connectivity index (χ1n) is 10.7. The maximum Gasteiger partial charge on any atom is 0.191 e. The van der Waals surface area contributed by atoms with Crippen LogP contribution in [0.3, 0.4) is 0 Å². The van der Waals surface area contributed by atoms with Crippen molar-refractivity contribution in [2.75, 3.05) is 20.2 Å². The summed E-state index contributed by atoms with van der Waals surface area (Å²) in [5.74, 6) is 2.54. The van der Waals surface area contributed by atoms with Crippen molar-refractivity contribution in [1.29, 1.82) is 0 Å². The number of aromatic nitrogens is 3. The maximum atomic E-state index is 5.47. The summed E-state index contributed by atoms with van der Waals surface area (Å²) in [5, 5.41) is 15.4. The van der Waals surface area contributed by atoms with Crippen LogP contribution in [0.5, 0.6) is 5.75 Å². The van der Waals surface area contributed by atoms with Gasteiger partial charge < -0.3 is 15.4 Å². The lowest BCUT2D eigenvalue weighted by Crippen LogP contribution is -2.44. The molecule has 2 aromatic heterocycles. The van der Waals surface area contributed by atoms with Crippen LogP contribution in [0.4, 0.5) is 0 Å². The number of benzene rings is 1. The van der Waals surface area contributed by atoms with Gasteiger partial charge in [0.25, 0.3) is 0 Å². The van der Waals surface area contributed by atoms with E-state index in [1.807, 2.05) is 34.9 Å². The molecule has 1 fully saturated rings. The van der Waals surface area contributed by atoms with Crippen molar-refractivity contribution >= 4 is 35.6 Å². The predicted molar refractivity (Wildman–Crippen MR) is 134 cm³/mol. The number of pyridine rings is 1. The van der Waals surface area contributed by atoms with Crippen LogP contribution in [0.15, 0.2) is 53.7 Å². The van der Waals surface area contributed by atoms with E-state index in [2.05, 4.69) is 46.0 Å². The third kappa shape index (κ3) is 5.28. The minimum Gasteiger partial charge on any atom is -0.497 e. The van der Waals surface area contributed by atoms with Gasteiger partial charge in [0.2, 0.25) is 0 Å². The largest absolute Gasteiger partial charge is 0.497 e. The second-order valence-corrected chi connectivity index (χ2v) is 7.81. The molecular weight excluding hydrogens is 503 g/mol. The number of methoxy groups -OCH3 is 1. The van der Waals surface area contributed by atoms with Crippen molar-refractivity contribution in [3.63, 3.8) is 0 Å². The fourth-order valence-electron chi connectivity index (χ4n) is 4.32. The molecule has 2 N–H and O–H groups in total. The molecule has 0 bridgehead atoms. The van der Waals surface area contributed by atoms with Crippen LogP contribution in [0.25, 0.3) is 5.65 Å². The summed E-state index contributed by atoms with van der Waals surface area (Å²) in [6.45, 7) is 4.19. The SMILES string of the molecule is CCNC(=NCc1nnc2ccccn12)NCC1(c2cccc(OC)c2)CCCC1.I. The van der Waals surface area contributed by atoms with Crippen LogP contribution in [-0.2, 0) is 12.0 Å². The number of fused-ring (bicyclic) bond motifs is 1. The quantitative estimate of drug-likeness (QED) is 0.273. The van der Waals surface area contributed by atoms with Gasteiger partial charge in [-0.3, -0.25) is 4.40 Å². The van der Waals surface area contributed by atoms with Gasteiger partial charge in [0, 0.05) is 24.7 Å². The van der Waals surface area contributed by atoms with Gasteiger partial charge in [-0.1, -0.05) is 31.0 Å². The zero-order valence-electron chi connectivity index (χ0n) is 18.2. The lowest BCUT2D eigenvalue weighted by Gasteiger charge is -2.31. The van der Waals surface area contributed by atoms with E-state index in [1.54, 1.807) is 7.11 Å². The van der Waals surface area contributed by atoms with Gasteiger partial charge in [-0.2, -0.15) is 0 Å². The molecule has 3 aromatic rings. The van der Waals surface area contributed by atoms with E-state index in [-0.39, 0.29) is 29.4 Å². The number of nitrogens with one attached hydrogen (secondary N) is 2. The Morgan fingerprint density at radius 2 is 1.97 bits per heavy atom. The molecule has 2 heterocycles. The van der Waals surface area contributed by atoms with Crippen molar-refractivity contribution in [2.24, 2.45) is 4.99 Å². The van der Waals surface area contributed by atoms with Gasteiger partial charge in [-0.05, 0) is 49.6 Å². The molecule has 31 heavy (non-hydrogen) atoms. The van der Waals surface area contributed by atoms with Crippen molar-refractivity contribution in [3.05, 3.63) is 60.0 Å². The monoisotopic (exact) mass is 534 g/mol. The summed E-state index contributed by atoms with van der Waals surface area (Å²) in [4.78, 5) is 4.77. The lowest BCUT2D eigenvalue weighted by molar-refractivity contribution is 0.404. The molecule has 0 saturated heterocycles. The minimum atomic E-state index is 0. The molecule has 0 amide bonds. The van der Waals surface area contributed by atoms with E-state index in [1.165, 1.54) is 31.2 Å². The summed E-state index contributed by atoms with van der Waals surface area (Å²) in [6, 6.07) is 14.4. The number of nitrogens with zero attached hydrogens (tertiary/aromatic N) is 4. The summed E-state index contributed by atoms with van der Waals surface area (Å²) < 4.78 is 7.44. The van der Waals surface area contributed by atoms with E-state index < -0.39 is 0 Å². The highest BCUT2D eigenvalue weighted by atomic mass is 127. The average Bonchev–Trinajstić information content (AvgIpc) is 3.44. The molecule has 7 nitrogen and oxygen atoms in total. The summed E-state index contributed by atoms with van der Waals surface area (Å²) >= 11 is 0. The van der Waals surface area contributed by atoms with Crippen LogP contribution < -0.4 is 15.4 Å². The van der Waals surface area contributed by atoms with Crippen LogP contribution in [0.1, 0.15) is 44.0 Å². The number of ether oxygens (including phenoxy) is 1. The minimum absolute atomic E-state index is 0. The van der Waals surface area contributed by atoms with Crippen LogP contribution in [0, 0.1) is 0 Å². The zero-order valence-corrected chi connectivity index (χ0v) is 20.5. The molecule has 1 aromatic carbocycles. The van der Waals surface area contributed by atoms with Crippen LogP contribution >= 0.6 is 24.0 Å². The molecule has 0 atom stereocenters.